The number of hydrogen-bond donors (Lipinski definition) is 1. The van der Waals surface area contributed by atoms with Crippen LogP contribution in [0, 0.1) is 0 Å². The molecule has 1 atom stereocenters. The molecular formula is C10H19NO3. The van der Waals surface area contributed by atoms with Crippen LogP contribution in [0.5, 0.6) is 0 Å². The van der Waals surface area contributed by atoms with Gasteiger partial charge in [-0.25, -0.2) is 0 Å². The molecule has 1 N–H and O–H groups in total. The van der Waals surface area contributed by atoms with Crippen LogP contribution in [0.4, 0.5) is 0 Å². The van der Waals surface area contributed by atoms with Gasteiger partial charge in [-0.1, -0.05) is 6.92 Å². The zero-order valence-corrected chi connectivity index (χ0v) is 8.74. The minimum Gasteiger partial charge on any atom is -0.481 e. The van der Waals surface area contributed by atoms with E-state index in [2.05, 4.69) is 11.8 Å². The van der Waals surface area contributed by atoms with Gasteiger partial charge in [-0.05, 0) is 25.9 Å². The minimum atomic E-state index is -0.788. The van der Waals surface area contributed by atoms with Gasteiger partial charge in [0.1, 0.15) is 0 Å². The van der Waals surface area contributed by atoms with E-state index in [1.807, 2.05) is 0 Å². The van der Waals surface area contributed by atoms with E-state index in [1.54, 1.807) is 0 Å². The van der Waals surface area contributed by atoms with Gasteiger partial charge >= 0.3 is 5.97 Å². The third-order valence-electron chi connectivity index (χ3n) is 2.68. The van der Waals surface area contributed by atoms with E-state index in [1.165, 1.54) is 12.8 Å². The highest BCUT2D eigenvalue weighted by Crippen LogP contribution is 2.16. The number of likely N-dealkylation sites (N-methyl/N-ethyl adjacent to an activating group) is 1. The molecule has 1 saturated heterocycles. The van der Waals surface area contributed by atoms with Crippen molar-refractivity contribution in [3.05, 3.63) is 0 Å². The van der Waals surface area contributed by atoms with E-state index < -0.39 is 5.97 Å². The van der Waals surface area contributed by atoms with Crippen molar-refractivity contribution in [3.63, 3.8) is 0 Å². The molecule has 0 amide bonds. The lowest BCUT2D eigenvalue weighted by molar-refractivity contribution is -0.138. The summed E-state index contributed by atoms with van der Waals surface area (Å²) in [5.74, 6) is -0.788. The summed E-state index contributed by atoms with van der Waals surface area (Å²) < 4.78 is 5.34. The van der Waals surface area contributed by atoms with Crippen LogP contribution < -0.4 is 0 Å². The van der Waals surface area contributed by atoms with Gasteiger partial charge in [0.05, 0.1) is 19.6 Å². The number of rotatable bonds is 6. The van der Waals surface area contributed by atoms with Crippen molar-refractivity contribution in [2.75, 3.05) is 26.3 Å². The molecule has 82 valence electrons. The molecule has 0 aromatic carbocycles. The maximum absolute atomic E-state index is 10.2. The highest BCUT2D eigenvalue weighted by molar-refractivity contribution is 5.66. The molecule has 0 aromatic heterocycles. The first-order valence-electron chi connectivity index (χ1n) is 5.27. The van der Waals surface area contributed by atoms with Crippen LogP contribution in [0.3, 0.4) is 0 Å². The van der Waals surface area contributed by atoms with E-state index in [4.69, 9.17) is 9.84 Å². The van der Waals surface area contributed by atoms with Gasteiger partial charge in [0.25, 0.3) is 0 Å². The first-order valence-corrected chi connectivity index (χ1v) is 5.27. The molecule has 0 bridgehead atoms. The van der Waals surface area contributed by atoms with Gasteiger partial charge in [0.2, 0.25) is 0 Å². The lowest BCUT2D eigenvalue weighted by Crippen LogP contribution is -2.33. The second kappa shape index (κ2) is 5.98. The SMILES string of the molecule is CCN1CCCC1COCCC(=O)O. The molecule has 0 spiro atoms. The van der Waals surface area contributed by atoms with Crippen LogP contribution in [-0.4, -0.2) is 48.3 Å². The summed E-state index contributed by atoms with van der Waals surface area (Å²) in [6.07, 6.45) is 2.53. The topological polar surface area (TPSA) is 49.8 Å². The number of nitrogens with zero attached hydrogens (tertiary/aromatic N) is 1. The largest absolute Gasteiger partial charge is 0.481 e. The van der Waals surface area contributed by atoms with Crippen molar-refractivity contribution in [2.45, 2.75) is 32.2 Å². The normalized spacial score (nSPS) is 22.8. The van der Waals surface area contributed by atoms with Gasteiger partial charge in [0.15, 0.2) is 0 Å². The second-order valence-corrected chi connectivity index (χ2v) is 3.64. The monoisotopic (exact) mass is 201 g/mol. The highest BCUT2D eigenvalue weighted by atomic mass is 16.5. The average molecular weight is 201 g/mol. The van der Waals surface area contributed by atoms with Crippen LogP contribution in [-0.2, 0) is 9.53 Å². The first-order chi connectivity index (χ1) is 6.74. The first kappa shape index (κ1) is 11.5. The Hall–Kier alpha value is -0.610. The predicted molar refractivity (Wildman–Crippen MR) is 53.3 cm³/mol. The summed E-state index contributed by atoms with van der Waals surface area (Å²) in [6, 6.07) is 0.508. The fourth-order valence-corrected chi connectivity index (χ4v) is 1.88. The fraction of sp³-hybridized carbons (Fsp3) is 0.900. The molecule has 1 rings (SSSR count). The molecule has 0 aliphatic carbocycles. The summed E-state index contributed by atoms with van der Waals surface area (Å²) in [7, 11) is 0. The number of likely N-dealkylation sites (tertiary alicyclic amines) is 1. The Kier molecular flexibility index (Phi) is 4.90. The van der Waals surface area contributed by atoms with E-state index in [0.29, 0.717) is 19.3 Å². The smallest absolute Gasteiger partial charge is 0.305 e. The van der Waals surface area contributed by atoms with Crippen LogP contribution in [0.25, 0.3) is 0 Å². The van der Waals surface area contributed by atoms with Crippen molar-refractivity contribution in [3.8, 4) is 0 Å². The highest BCUT2D eigenvalue weighted by Gasteiger charge is 2.22. The number of hydrogen-bond acceptors (Lipinski definition) is 3. The molecule has 1 unspecified atom stereocenters. The molecule has 0 radical (unpaired) electrons. The summed E-state index contributed by atoms with van der Waals surface area (Å²) in [5.41, 5.74) is 0. The molecule has 4 heteroatoms. The fourth-order valence-electron chi connectivity index (χ4n) is 1.88. The number of ether oxygens (including phenoxy) is 1. The predicted octanol–water partition coefficient (Wildman–Crippen LogP) is 0.962. The molecule has 0 aromatic rings. The Balaban J connectivity index is 2.08. The van der Waals surface area contributed by atoms with Gasteiger partial charge in [-0.3, -0.25) is 9.69 Å². The molecule has 1 aliphatic heterocycles. The molecule has 1 fully saturated rings. The van der Waals surface area contributed by atoms with E-state index >= 15 is 0 Å². The zero-order chi connectivity index (χ0) is 10.4. The summed E-state index contributed by atoms with van der Waals surface area (Å²) >= 11 is 0. The molecule has 0 saturated carbocycles. The Bertz CT molecular complexity index is 184. The van der Waals surface area contributed by atoms with Crippen LogP contribution in [0.2, 0.25) is 0 Å². The van der Waals surface area contributed by atoms with E-state index in [0.717, 1.165) is 13.1 Å². The Labute approximate surface area is 84.8 Å². The molecule has 4 nitrogen and oxygen atoms in total. The second-order valence-electron chi connectivity index (χ2n) is 3.64. The minimum absolute atomic E-state index is 0.110. The maximum atomic E-state index is 10.2. The zero-order valence-electron chi connectivity index (χ0n) is 8.74. The molecule has 1 heterocycles. The van der Waals surface area contributed by atoms with Crippen molar-refractivity contribution in [2.24, 2.45) is 0 Å². The van der Waals surface area contributed by atoms with Crippen molar-refractivity contribution in [1.82, 2.24) is 4.90 Å². The van der Waals surface area contributed by atoms with Gasteiger partial charge in [0, 0.05) is 6.04 Å². The van der Waals surface area contributed by atoms with E-state index in [9.17, 15) is 4.79 Å². The average Bonchev–Trinajstić information content (AvgIpc) is 2.59. The van der Waals surface area contributed by atoms with Gasteiger partial charge < -0.3 is 9.84 Å². The van der Waals surface area contributed by atoms with E-state index in [-0.39, 0.29) is 6.42 Å². The maximum Gasteiger partial charge on any atom is 0.305 e. The third kappa shape index (κ3) is 3.64. The van der Waals surface area contributed by atoms with Crippen molar-refractivity contribution < 1.29 is 14.6 Å². The van der Waals surface area contributed by atoms with Gasteiger partial charge in [-0.15, -0.1) is 0 Å². The quantitative estimate of drug-likeness (QED) is 0.650. The summed E-state index contributed by atoms with van der Waals surface area (Å²) in [4.78, 5) is 12.6. The Morgan fingerprint density at radius 3 is 3.07 bits per heavy atom. The lowest BCUT2D eigenvalue weighted by Gasteiger charge is -2.22. The third-order valence-corrected chi connectivity index (χ3v) is 2.68. The number of carboxylic acids is 1. The Morgan fingerprint density at radius 1 is 1.64 bits per heavy atom. The molecular weight excluding hydrogens is 182 g/mol. The number of aliphatic carboxylic acids is 1. The van der Waals surface area contributed by atoms with Crippen molar-refractivity contribution in [1.29, 1.82) is 0 Å². The van der Waals surface area contributed by atoms with Crippen LogP contribution >= 0.6 is 0 Å². The molecule has 1 aliphatic rings. The van der Waals surface area contributed by atoms with Gasteiger partial charge in [-0.2, -0.15) is 0 Å². The lowest BCUT2D eigenvalue weighted by atomic mass is 10.2. The number of carboxylic acid groups (broad SMARTS) is 1. The number of carbonyl (C=O) groups is 1. The molecule has 14 heavy (non-hydrogen) atoms. The van der Waals surface area contributed by atoms with Crippen molar-refractivity contribution >= 4 is 5.97 Å². The standard InChI is InChI=1S/C10H19NO3/c1-2-11-6-3-4-9(11)8-14-7-5-10(12)13/h9H,2-8H2,1H3,(H,12,13). The summed E-state index contributed by atoms with van der Waals surface area (Å²) in [6.45, 7) is 5.39. The summed E-state index contributed by atoms with van der Waals surface area (Å²) in [5, 5.41) is 8.41. The van der Waals surface area contributed by atoms with Crippen LogP contribution in [0.1, 0.15) is 26.2 Å². The Morgan fingerprint density at radius 2 is 2.43 bits per heavy atom. The van der Waals surface area contributed by atoms with Crippen LogP contribution in [0.15, 0.2) is 0 Å².